The third-order valence-electron chi connectivity index (χ3n) is 4.20. The van der Waals surface area contributed by atoms with Crippen LogP contribution in [0.15, 0.2) is 47.4 Å². The van der Waals surface area contributed by atoms with Crippen LogP contribution in [0, 0.1) is 5.41 Å². The molecule has 6 heteroatoms. The van der Waals surface area contributed by atoms with E-state index >= 15 is 0 Å². The SMILES string of the molecule is COC(=O)CCCCCOc1ccc(-c2ccc(C(=N)N)cc2)cc1SC. The van der Waals surface area contributed by atoms with E-state index in [-0.39, 0.29) is 11.8 Å². The minimum absolute atomic E-state index is 0.0710. The lowest BCUT2D eigenvalue weighted by Gasteiger charge is -2.12. The van der Waals surface area contributed by atoms with Gasteiger partial charge in [-0.25, -0.2) is 0 Å². The van der Waals surface area contributed by atoms with Crippen LogP contribution in [0.5, 0.6) is 5.75 Å². The Kier molecular flexibility index (Phi) is 8.20. The smallest absolute Gasteiger partial charge is 0.305 e. The van der Waals surface area contributed by atoms with Crippen LogP contribution >= 0.6 is 11.8 Å². The Bertz CT molecular complexity index is 775. The standard InChI is InChI=1S/C21H26N2O3S/c1-25-20(24)6-4-3-5-13-26-18-12-11-17(14-19(18)27-2)15-7-9-16(10-8-15)21(22)23/h7-12,14H,3-6,13H2,1-2H3,(H3,22,23). The van der Waals surface area contributed by atoms with Gasteiger partial charge in [0.1, 0.15) is 11.6 Å². The first kappa shape index (κ1) is 20.8. The van der Waals surface area contributed by atoms with Crippen LogP contribution in [0.4, 0.5) is 0 Å². The number of unbranched alkanes of at least 4 members (excludes halogenated alkanes) is 2. The maximum atomic E-state index is 11.1. The Hall–Kier alpha value is -2.47. The molecule has 0 aliphatic rings. The van der Waals surface area contributed by atoms with Gasteiger partial charge in [-0.3, -0.25) is 10.2 Å². The average molecular weight is 387 g/mol. The van der Waals surface area contributed by atoms with Crippen LogP contribution in [-0.2, 0) is 9.53 Å². The van der Waals surface area contributed by atoms with Crippen LogP contribution < -0.4 is 10.5 Å². The summed E-state index contributed by atoms with van der Waals surface area (Å²) in [5, 5.41) is 7.47. The molecule has 27 heavy (non-hydrogen) atoms. The summed E-state index contributed by atoms with van der Waals surface area (Å²) >= 11 is 1.65. The summed E-state index contributed by atoms with van der Waals surface area (Å²) in [6, 6.07) is 13.8. The molecule has 0 spiro atoms. The summed E-state index contributed by atoms with van der Waals surface area (Å²) < 4.78 is 10.6. The van der Waals surface area contributed by atoms with Crippen molar-refractivity contribution in [1.82, 2.24) is 0 Å². The number of hydrogen-bond donors (Lipinski definition) is 2. The van der Waals surface area contributed by atoms with Gasteiger partial charge in [0.25, 0.3) is 0 Å². The largest absolute Gasteiger partial charge is 0.492 e. The van der Waals surface area contributed by atoms with Crippen molar-refractivity contribution in [1.29, 1.82) is 5.41 Å². The second-order valence-corrected chi connectivity index (χ2v) is 6.94. The zero-order valence-electron chi connectivity index (χ0n) is 15.8. The third-order valence-corrected chi connectivity index (χ3v) is 4.96. The van der Waals surface area contributed by atoms with Crippen LogP contribution in [-0.4, -0.2) is 31.8 Å². The molecule has 0 amide bonds. The van der Waals surface area contributed by atoms with Gasteiger partial charge >= 0.3 is 5.97 Å². The Balaban J connectivity index is 1.93. The highest BCUT2D eigenvalue weighted by atomic mass is 32.2. The van der Waals surface area contributed by atoms with Gasteiger partial charge in [0.05, 0.1) is 13.7 Å². The second kappa shape index (κ2) is 10.6. The number of methoxy groups -OCH3 is 1. The number of ether oxygens (including phenoxy) is 2. The first-order chi connectivity index (χ1) is 13.0. The number of thioether (sulfide) groups is 1. The predicted octanol–water partition coefficient (Wildman–Crippen LogP) is 4.47. The summed E-state index contributed by atoms with van der Waals surface area (Å²) in [6.07, 6.45) is 5.15. The van der Waals surface area contributed by atoms with E-state index in [1.807, 2.05) is 42.7 Å². The highest BCUT2D eigenvalue weighted by Gasteiger charge is 2.07. The lowest BCUT2D eigenvalue weighted by atomic mass is 10.0. The molecule has 0 heterocycles. The molecule has 2 aromatic carbocycles. The van der Waals surface area contributed by atoms with Gasteiger partial charge < -0.3 is 15.2 Å². The summed E-state index contributed by atoms with van der Waals surface area (Å²) in [6.45, 7) is 0.626. The number of hydrogen-bond acceptors (Lipinski definition) is 5. The van der Waals surface area contributed by atoms with Crippen molar-refractivity contribution >= 4 is 23.6 Å². The van der Waals surface area contributed by atoms with E-state index in [4.69, 9.17) is 15.9 Å². The molecule has 144 valence electrons. The number of nitrogens with two attached hydrogens (primary N) is 1. The van der Waals surface area contributed by atoms with Gasteiger partial charge in [-0.15, -0.1) is 11.8 Å². The van der Waals surface area contributed by atoms with E-state index in [1.165, 1.54) is 7.11 Å². The van der Waals surface area contributed by atoms with Gasteiger partial charge in [0, 0.05) is 16.9 Å². The fourth-order valence-electron chi connectivity index (χ4n) is 2.64. The molecule has 2 aromatic rings. The van der Waals surface area contributed by atoms with Crippen molar-refractivity contribution in [3.8, 4) is 16.9 Å². The second-order valence-electron chi connectivity index (χ2n) is 6.09. The number of rotatable bonds is 10. The van der Waals surface area contributed by atoms with E-state index in [0.29, 0.717) is 13.0 Å². The molecular weight excluding hydrogens is 360 g/mol. The molecule has 0 fully saturated rings. The van der Waals surface area contributed by atoms with Gasteiger partial charge in [-0.2, -0.15) is 0 Å². The molecule has 3 N–H and O–H groups in total. The molecule has 0 aliphatic heterocycles. The molecule has 0 aliphatic carbocycles. The Labute approximate surface area is 164 Å². The van der Waals surface area contributed by atoms with E-state index in [9.17, 15) is 4.79 Å². The Morgan fingerprint density at radius 2 is 1.78 bits per heavy atom. The van der Waals surface area contributed by atoms with Crippen molar-refractivity contribution in [3.05, 3.63) is 48.0 Å². The fourth-order valence-corrected chi connectivity index (χ4v) is 3.21. The van der Waals surface area contributed by atoms with Crippen LogP contribution in [0.1, 0.15) is 31.2 Å². The first-order valence-electron chi connectivity index (χ1n) is 8.87. The highest BCUT2D eigenvalue weighted by molar-refractivity contribution is 7.98. The molecule has 0 atom stereocenters. The van der Waals surface area contributed by atoms with E-state index in [2.05, 4.69) is 10.8 Å². The molecule has 0 unspecified atom stereocenters. The van der Waals surface area contributed by atoms with Crippen LogP contribution in [0.25, 0.3) is 11.1 Å². The molecular formula is C21H26N2O3S. The molecule has 2 rings (SSSR count). The van der Waals surface area contributed by atoms with Gasteiger partial charge in [-0.1, -0.05) is 30.3 Å². The number of carbonyl (C=O) groups excluding carboxylic acids is 1. The van der Waals surface area contributed by atoms with Crippen molar-refractivity contribution < 1.29 is 14.3 Å². The topological polar surface area (TPSA) is 85.4 Å². The summed E-state index contributed by atoms with van der Waals surface area (Å²) in [5.41, 5.74) is 8.40. The zero-order valence-corrected chi connectivity index (χ0v) is 16.6. The molecule has 0 bridgehead atoms. The monoisotopic (exact) mass is 386 g/mol. The maximum absolute atomic E-state index is 11.1. The molecule has 0 aromatic heterocycles. The highest BCUT2D eigenvalue weighted by Crippen LogP contribution is 2.33. The number of carbonyl (C=O) groups is 1. The van der Waals surface area contributed by atoms with Crippen LogP contribution in [0.3, 0.4) is 0 Å². The van der Waals surface area contributed by atoms with E-state index < -0.39 is 0 Å². The van der Waals surface area contributed by atoms with Gasteiger partial charge in [-0.05, 0) is 48.8 Å². The minimum Gasteiger partial charge on any atom is -0.492 e. The molecule has 0 saturated carbocycles. The lowest BCUT2D eigenvalue weighted by molar-refractivity contribution is -0.140. The number of esters is 1. The quantitative estimate of drug-likeness (QED) is 0.207. The number of nitrogen functional groups attached to an aromatic ring is 1. The number of amidine groups is 1. The predicted molar refractivity (Wildman–Crippen MR) is 111 cm³/mol. The maximum Gasteiger partial charge on any atom is 0.305 e. The zero-order chi connectivity index (χ0) is 19.6. The lowest BCUT2D eigenvalue weighted by Crippen LogP contribution is -2.10. The normalized spacial score (nSPS) is 10.4. The van der Waals surface area contributed by atoms with Crippen molar-refractivity contribution in [2.24, 2.45) is 5.73 Å². The van der Waals surface area contributed by atoms with Crippen molar-refractivity contribution in [2.75, 3.05) is 20.0 Å². The molecule has 5 nitrogen and oxygen atoms in total. The third kappa shape index (κ3) is 6.32. The van der Waals surface area contributed by atoms with Crippen molar-refractivity contribution in [3.63, 3.8) is 0 Å². The Morgan fingerprint density at radius 1 is 1.07 bits per heavy atom. The Morgan fingerprint density at radius 3 is 2.41 bits per heavy atom. The number of benzene rings is 2. The summed E-state index contributed by atoms with van der Waals surface area (Å²) in [7, 11) is 1.41. The van der Waals surface area contributed by atoms with E-state index in [0.717, 1.165) is 46.6 Å². The van der Waals surface area contributed by atoms with Gasteiger partial charge in [0.15, 0.2) is 0 Å². The first-order valence-corrected chi connectivity index (χ1v) is 10.1. The van der Waals surface area contributed by atoms with Gasteiger partial charge in [0.2, 0.25) is 0 Å². The van der Waals surface area contributed by atoms with Crippen molar-refractivity contribution in [2.45, 2.75) is 30.6 Å². The van der Waals surface area contributed by atoms with E-state index in [1.54, 1.807) is 11.8 Å². The molecule has 0 saturated heterocycles. The average Bonchev–Trinajstić information content (AvgIpc) is 2.70. The fraction of sp³-hybridized carbons (Fsp3) is 0.333. The number of nitrogens with one attached hydrogen (secondary N) is 1. The molecule has 0 radical (unpaired) electrons. The summed E-state index contributed by atoms with van der Waals surface area (Å²) in [4.78, 5) is 12.2. The summed E-state index contributed by atoms with van der Waals surface area (Å²) in [5.74, 6) is 0.786. The van der Waals surface area contributed by atoms with Crippen LogP contribution in [0.2, 0.25) is 0 Å². The minimum atomic E-state index is -0.160.